The summed E-state index contributed by atoms with van der Waals surface area (Å²) in [5.74, 6) is -1.20. The SMILES string of the molecule is CC1(C)[C@H](C(=O)O)[C@@H]1C(=O)N1CCn2cnnc2C1. The molecule has 2 heterocycles. The van der Waals surface area contributed by atoms with Crippen molar-refractivity contribution in [2.24, 2.45) is 17.3 Å². The van der Waals surface area contributed by atoms with Gasteiger partial charge >= 0.3 is 5.97 Å². The standard InChI is InChI=1S/C12H16N4O3/c1-12(2)8(9(12)11(18)19)10(17)15-3-4-16-6-13-14-7(16)5-15/h6,8-9H,3-5H2,1-2H3,(H,18,19)/t8-,9+/m1/s1. The number of carboxylic acids is 1. The molecule has 102 valence electrons. The van der Waals surface area contributed by atoms with E-state index in [0.717, 1.165) is 5.82 Å². The van der Waals surface area contributed by atoms with Gasteiger partial charge in [0.25, 0.3) is 0 Å². The van der Waals surface area contributed by atoms with Gasteiger partial charge in [0.15, 0.2) is 5.82 Å². The Labute approximate surface area is 110 Å². The van der Waals surface area contributed by atoms with E-state index in [9.17, 15) is 9.59 Å². The number of carbonyl (C=O) groups is 2. The van der Waals surface area contributed by atoms with Crippen molar-refractivity contribution in [3.8, 4) is 0 Å². The lowest BCUT2D eigenvalue weighted by Crippen LogP contribution is -2.40. The molecular weight excluding hydrogens is 248 g/mol. The molecule has 3 rings (SSSR count). The maximum atomic E-state index is 12.4. The normalized spacial score (nSPS) is 27.8. The largest absolute Gasteiger partial charge is 0.481 e. The van der Waals surface area contributed by atoms with Crippen LogP contribution in [0.15, 0.2) is 6.33 Å². The van der Waals surface area contributed by atoms with Crippen LogP contribution in [0.25, 0.3) is 0 Å². The smallest absolute Gasteiger partial charge is 0.307 e. The molecule has 0 unspecified atom stereocenters. The monoisotopic (exact) mass is 264 g/mol. The second kappa shape index (κ2) is 3.79. The third kappa shape index (κ3) is 1.72. The highest BCUT2D eigenvalue weighted by molar-refractivity contribution is 5.91. The summed E-state index contributed by atoms with van der Waals surface area (Å²) in [4.78, 5) is 25.3. The van der Waals surface area contributed by atoms with Gasteiger partial charge in [0, 0.05) is 13.1 Å². The Morgan fingerprint density at radius 1 is 1.37 bits per heavy atom. The summed E-state index contributed by atoms with van der Waals surface area (Å²) in [6.07, 6.45) is 1.65. The number of carboxylic acid groups (broad SMARTS) is 1. The molecule has 0 spiro atoms. The number of nitrogens with zero attached hydrogens (tertiary/aromatic N) is 4. The van der Waals surface area contributed by atoms with Gasteiger partial charge in [-0.1, -0.05) is 13.8 Å². The lowest BCUT2D eigenvalue weighted by Gasteiger charge is -2.27. The highest BCUT2D eigenvalue weighted by atomic mass is 16.4. The number of carbonyl (C=O) groups excluding carboxylic acids is 1. The number of fused-ring (bicyclic) bond motifs is 1. The number of aliphatic carboxylic acids is 1. The Bertz CT molecular complexity index is 551. The molecule has 1 amide bonds. The summed E-state index contributed by atoms with van der Waals surface area (Å²) in [5.41, 5.74) is -0.450. The van der Waals surface area contributed by atoms with Crippen molar-refractivity contribution in [1.82, 2.24) is 19.7 Å². The molecule has 1 saturated carbocycles. The fourth-order valence-electron chi connectivity index (χ4n) is 3.01. The van der Waals surface area contributed by atoms with Crippen molar-refractivity contribution in [3.05, 3.63) is 12.2 Å². The molecule has 2 atom stereocenters. The molecule has 19 heavy (non-hydrogen) atoms. The number of hydrogen-bond acceptors (Lipinski definition) is 4. The fraction of sp³-hybridized carbons (Fsp3) is 0.667. The van der Waals surface area contributed by atoms with Gasteiger partial charge in [-0.15, -0.1) is 10.2 Å². The number of aromatic nitrogens is 3. The third-order valence-electron chi connectivity index (χ3n) is 4.31. The first-order valence-corrected chi connectivity index (χ1v) is 6.31. The molecule has 1 N–H and O–H groups in total. The first-order valence-electron chi connectivity index (χ1n) is 6.31. The lowest BCUT2D eigenvalue weighted by molar-refractivity contribution is -0.142. The predicted molar refractivity (Wildman–Crippen MR) is 63.8 cm³/mol. The number of hydrogen-bond donors (Lipinski definition) is 1. The average molecular weight is 264 g/mol. The first-order chi connectivity index (χ1) is 8.93. The van der Waals surface area contributed by atoms with Crippen LogP contribution in [0.4, 0.5) is 0 Å². The van der Waals surface area contributed by atoms with Crippen LogP contribution >= 0.6 is 0 Å². The van der Waals surface area contributed by atoms with Crippen LogP contribution in [-0.4, -0.2) is 43.2 Å². The van der Waals surface area contributed by atoms with Gasteiger partial charge in [-0.3, -0.25) is 9.59 Å². The fourth-order valence-corrected chi connectivity index (χ4v) is 3.01. The van der Waals surface area contributed by atoms with Crippen molar-refractivity contribution >= 4 is 11.9 Å². The molecule has 0 aromatic carbocycles. The van der Waals surface area contributed by atoms with E-state index in [1.165, 1.54) is 0 Å². The number of rotatable bonds is 2. The summed E-state index contributed by atoms with van der Waals surface area (Å²) >= 11 is 0. The van der Waals surface area contributed by atoms with Gasteiger partial charge in [0.05, 0.1) is 18.4 Å². The van der Waals surface area contributed by atoms with Crippen molar-refractivity contribution in [1.29, 1.82) is 0 Å². The zero-order valence-corrected chi connectivity index (χ0v) is 10.9. The van der Waals surface area contributed by atoms with Crippen molar-refractivity contribution in [2.45, 2.75) is 26.9 Å². The van der Waals surface area contributed by atoms with Gasteiger partial charge in [-0.05, 0) is 5.41 Å². The zero-order chi connectivity index (χ0) is 13.8. The quantitative estimate of drug-likeness (QED) is 0.810. The van der Waals surface area contributed by atoms with Gasteiger partial charge < -0.3 is 14.6 Å². The Kier molecular flexibility index (Phi) is 2.42. The molecule has 7 nitrogen and oxygen atoms in total. The molecule has 1 aliphatic heterocycles. The van der Waals surface area contributed by atoms with E-state index in [4.69, 9.17) is 5.11 Å². The first kappa shape index (κ1) is 12.1. The van der Waals surface area contributed by atoms with Gasteiger partial charge in [-0.25, -0.2) is 0 Å². The van der Waals surface area contributed by atoms with E-state index < -0.39 is 23.2 Å². The van der Waals surface area contributed by atoms with Crippen LogP contribution in [0.3, 0.4) is 0 Å². The summed E-state index contributed by atoms with van der Waals surface area (Å²) < 4.78 is 1.91. The summed E-state index contributed by atoms with van der Waals surface area (Å²) in [5, 5.41) is 16.9. The highest BCUT2D eigenvalue weighted by Gasteiger charge is 2.66. The molecule has 0 radical (unpaired) electrons. The van der Waals surface area contributed by atoms with E-state index in [2.05, 4.69) is 10.2 Å². The van der Waals surface area contributed by atoms with Crippen molar-refractivity contribution in [2.75, 3.05) is 6.54 Å². The Hall–Kier alpha value is -1.92. The third-order valence-corrected chi connectivity index (χ3v) is 4.31. The van der Waals surface area contributed by atoms with Gasteiger partial charge in [-0.2, -0.15) is 0 Å². The lowest BCUT2D eigenvalue weighted by atomic mass is 10.1. The Balaban J connectivity index is 1.75. The second-order valence-corrected chi connectivity index (χ2v) is 5.82. The van der Waals surface area contributed by atoms with E-state index in [1.54, 1.807) is 11.2 Å². The van der Waals surface area contributed by atoms with E-state index >= 15 is 0 Å². The van der Waals surface area contributed by atoms with Gasteiger partial charge in [0.2, 0.25) is 5.91 Å². The van der Waals surface area contributed by atoms with Crippen LogP contribution in [0.2, 0.25) is 0 Å². The van der Waals surface area contributed by atoms with E-state index in [0.29, 0.717) is 19.6 Å². The van der Waals surface area contributed by atoms with Crippen LogP contribution in [0.1, 0.15) is 19.7 Å². The van der Waals surface area contributed by atoms with Crippen LogP contribution in [0, 0.1) is 17.3 Å². The molecule has 1 aromatic heterocycles. The Morgan fingerprint density at radius 2 is 2.11 bits per heavy atom. The molecule has 0 saturated heterocycles. The summed E-state index contributed by atoms with van der Waals surface area (Å²) in [6, 6.07) is 0. The highest BCUT2D eigenvalue weighted by Crippen LogP contribution is 2.59. The second-order valence-electron chi connectivity index (χ2n) is 5.82. The van der Waals surface area contributed by atoms with Gasteiger partial charge in [0.1, 0.15) is 6.33 Å². The molecule has 1 aromatic rings. The summed E-state index contributed by atoms with van der Waals surface area (Å²) in [7, 11) is 0. The van der Waals surface area contributed by atoms with E-state index in [-0.39, 0.29) is 5.91 Å². The molecule has 0 bridgehead atoms. The van der Waals surface area contributed by atoms with Crippen LogP contribution in [0.5, 0.6) is 0 Å². The molecule has 1 fully saturated rings. The van der Waals surface area contributed by atoms with Crippen molar-refractivity contribution < 1.29 is 14.7 Å². The minimum Gasteiger partial charge on any atom is -0.481 e. The minimum absolute atomic E-state index is 0.0772. The average Bonchev–Trinajstić information content (AvgIpc) is 2.73. The van der Waals surface area contributed by atoms with Crippen molar-refractivity contribution in [3.63, 3.8) is 0 Å². The molecule has 2 aliphatic rings. The Morgan fingerprint density at radius 3 is 2.74 bits per heavy atom. The predicted octanol–water partition coefficient (Wildman–Crippen LogP) is -0.0229. The number of amides is 1. The van der Waals surface area contributed by atoms with E-state index in [1.807, 2.05) is 18.4 Å². The van der Waals surface area contributed by atoms with Crippen LogP contribution in [-0.2, 0) is 22.7 Å². The minimum atomic E-state index is -0.886. The zero-order valence-electron chi connectivity index (χ0n) is 10.9. The topological polar surface area (TPSA) is 88.3 Å². The molecule has 7 heteroatoms. The molecule has 1 aliphatic carbocycles. The summed E-state index contributed by atoms with van der Waals surface area (Å²) in [6.45, 7) is 5.33. The van der Waals surface area contributed by atoms with Crippen LogP contribution < -0.4 is 0 Å². The maximum absolute atomic E-state index is 12.4. The molecular formula is C12H16N4O3. The maximum Gasteiger partial charge on any atom is 0.307 e.